The Hall–Kier alpha value is -6.41. The fourth-order valence-corrected chi connectivity index (χ4v) is 5.95. The number of nitrogens with one attached hydrogen (secondary N) is 1. The largest absolute Gasteiger partial charge is 0.490 e. The van der Waals surface area contributed by atoms with Crippen LogP contribution in [0.3, 0.4) is 0 Å². The number of carbonyl (C=O) groups is 3. The molecule has 3 atom stereocenters. The van der Waals surface area contributed by atoms with Crippen molar-refractivity contribution in [2.45, 2.75) is 69.9 Å². The molecule has 23 heteroatoms. The summed E-state index contributed by atoms with van der Waals surface area (Å²) in [5.74, 6) is -3.55. The number of carboxylic acids is 2. The van der Waals surface area contributed by atoms with Crippen molar-refractivity contribution in [1.82, 2.24) is 29.8 Å². The van der Waals surface area contributed by atoms with Gasteiger partial charge in [0.25, 0.3) is 0 Å². The molecule has 3 saturated heterocycles. The Kier molecular flexibility index (Phi) is 14.7. The summed E-state index contributed by atoms with van der Waals surface area (Å²) < 4.78 is 81.3. The van der Waals surface area contributed by atoms with Gasteiger partial charge in [0.1, 0.15) is 35.9 Å². The number of rotatable bonds is 10. The molecular weight excluding hydrogens is 814 g/mol. The molecule has 7 rings (SSSR count). The lowest BCUT2D eigenvalue weighted by Crippen LogP contribution is -2.68. The molecule has 1 amide bonds. The number of amides is 1. The monoisotopic (exact) mass is 854 g/mol. The maximum absolute atomic E-state index is 11.9. The van der Waals surface area contributed by atoms with Gasteiger partial charge in [-0.15, -0.1) is 0 Å². The Morgan fingerprint density at radius 1 is 0.967 bits per heavy atom. The number of aliphatic hydroxyl groups excluding tert-OH is 1. The van der Waals surface area contributed by atoms with E-state index in [1.807, 2.05) is 36.7 Å². The number of piperidine rings is 1. The summed E-state index contributed by atoms with van der Waals surface area (Å²) in [5.41, 5.74) is 3.14. The molecule has 0 aromatic carbocycles. The summed E-state index contributed by atoms with van der Waals surface area (Å²) >= 11 is 0. The Morgan fingerprint density at radius 3 is 2.10 bits per heavy atom. The highest BCUT2D eigenvalue weighted by Gasteiger charge is 2.45. The number of anilines is 1. The number of aliphatic hydroxyl groups is 1. The zero-order chi connectivity index (χ0) is 44.6. The summed E-state index contributed by atoms with van der Waals surface area (Å²) in [5, 5.41) is 41.3. The molecule has 4 aromatic heterocycles. The summed E-state index contributed by atoms with van der Waals surface area (Å²) in [4.78, 5) is 43.7. The van der Waals surface area contributed by atoms with E-state index in [9.17, 15) is 41.5 Å². The van der Waals surface area contributed by atoms with Gasteiger partial charge in [-0.1, -0.05) is 6.07 Å². The molecule has 324 valence electrons. The first-order chi connectivity index (χ1) is 28.0. The average Bonchev–Trinajstić information content (AvgIpc) is 3.60. The first-order valence-corrected chi connectivity index (χ1v) is 17.7. The van der Waals surface area contributed by atoms with Gasteiger partial charge in [-0.2, -0.15) is 36.7 Å². The molecule has 17 nitrogen and oxygen atoms in total. The number of methoxy groups -OCH3 is 1. The number of alkyl halides is 6. The third-order valence-electron chi connectivity index (χ3n) is 8.61. The molecule has 60 heavy (non-hydrogen) atoms. The number of aliphatic carboxylic acids is 2. The Morgan fingerprint density at radius 2 is 1.60 bits per heavy atom. The summed E-state index contributed by atoms with van der Waals surface area (Å²) in [6.07, 6.45) is -3.72. The highest BCUT2D eigenvalue weighted by atomic mass is 19.4. The molecule has 3 fully saturated rings. The zero-order valence-corrected chi connectivity index (χ0v) is 32.4. The van der Waals surface area contributed by atoms with Gasteiger partial charge >= 0.3 is 30.4 Å². The molecule has 4 N–H and O–H groups in total. The zero-order valence-electron chi connectivity index (χ0n) is 32.4. The first kappa shape index (κ1) is 46.3. The molecule has 3 aliphatic rings. The fraction of sp³-hybridized carbons (Fsp3) is 0.432. The van der Waals surface area contributed by atoms with Crippen molar-refractivity contribution < 1.29 is 70.3 Å². The van der Waals surface area contributed by atoms with Crippen molar-refractivity contribution in [2.24, 2.45) is 0 Å². The van der Waals surface area contributed by atoms with Crippen LogP contribution in [0.25, 0.3) is 16.6 Å². The number of halogens is 6. The molecule has 0 saturated carbocycles. The minimum absolute atomic E-state index is 0.0373. The number of pyridine rings is 3. The van der Waals surface area contributed by atoms with Crippen LogP contribution in [0.2, 0.25) is 0 Å². The highest BCUT2D eigenvalue weighted by molar-refractivity contribution is 5.85. The maximum atomic E-state index is 11.9. The third kappa shape index (κ3) is 12.8. The van der Waals surface area contributed by atoms with Crippen LogP contribution in [0.4, 0.5) is 37.0 Å². The number of nitrogens with zero attached hydrogens (tertiary/aromatic N) is 7. The van der Waals surface area contributed by atoms with Crippen molar-refractivity contribution >= 4 is 29.4 Å². The van der Waals surface area contributed by atoms with Crippen molar-refractivity contribution in [2.75, 3.05) is 38.3 Å². The molecule has 2 bridgehead atoms. The van der Waals surface area contributed by atoms with E-state index in [0.717, 1.165) is 36.6 Å². The normalized spacial score (nSPS) is 16.7. The van der Waals surface area contributed by atoms with Crippen molar-refractivity contribution in [3.63, 3.8) is 0 Å². The van der Waals surface area contributed by atoms with Crippen LogP contribution in [0.15, 0.2) is 55.1 Å². The second-order valence-corrected chi connectivity index (χ2v) is 14.2. The van der Waals surface area contributed by atoms with Crippen molar-refractivity contribution in [3.05, 3.63) is 66.2 Å². The van der Waals surface area contributed by atoms with Crippen LogP contribution >= 0.6 is 0 Å². The SMILES string of the molecule is COc1ccc(CN2C3CC2CN(c2ccc(-c4cc(OC[C@H](O)CNC(=O)OC(C)(C)C)cn5ncc(C#N)c45)cn2)C3)cn1.O=C(O)C(F)(F)F.O=C(O)C(F)(F)F. The average molecular weight is 855 g/mol. The lowest BCUT2D eigenvalue weighted by molar-refractivity contribution is -0.193. The van der Waals surface area contributed by atoms with E-state index in [1.165, 1.54) is 18.2 Å². The van der Waals surface area contributed by atoms with Crippen LogP contribution in [0.5, 0.6) is 11.6 Å². The lowest BCUT2D eigenvalue weighted by Gasteiger charge is -2.56. The highest BCUT2D eigenvalue weighted by Crippen LogP contribution is 2.37. The summed E-state index contributed by atoms with van der Waals surface area (Å²) in [6.45, 7) is 7.84. The van der Waals surface area contributed by atoms with Crippen LogP contribution in [0, 0.1) is 11.3 Å². The van der Waals surface area contributed by atoms with Gasteiger partial charge in [0.2, 0.25) is 5.88 Å². The minimum atomic E-state index is -5.08. The van der Waals surface area contributed by atoms with E-state index in [1.54, 1.807) is 38.6 Å². The topological polar surface area (TPSA) is 225 Å². The molecule has 2 unspecified atom stereocenters. The molecule has 7 heterocycles. The van der Waals surface area contributed by atoms with Gasteiger partial charge < -0.3 is 39.7 Å². The van der Waals surface area contributed by atoms with E-state index in [4.69, 9.17) is 39.0 Å². The maximum Gasteiger partial charge on any atom is 0.490 e. The van der Waals surface area contributed by atoms with Crippen LogP contribution in [-0.4, -0.2) is 127 Å². The van der Waals surface area contributed by atoms with E-state index in [2.05, 4.69) is 37.3 Å². The quantitative estimate of drug-likeness (QED) is 0.159. The first-order valence-electron chi connectivity index (χ1n) is 17.7. The van der Waals surface area contributed by atoms with E-state index in [-0.39, 0.29) is 13.2 Å². The second-order valence-electron chi connectivity index (χ2n) is 14.2. The second kappa shape index (κ2) is 19.1. The van der Waals surface area contributed by atoms with E-state index in [0.29, 0.717) is 34.8 Å². The van der Waals surface area contributed by atoms with Gasteiger partial charge in [-0.05, 0) is 51.0 Å². The molecule has 4 aromatic rings. The predicted octanol–water partition coefficient (Wildman–Crippen LogP) is 4.67. The fourth-order valence-electron chi connectivity index (χ4n) is 5.95. The number of carboxylic acid groups (broad SMARTS) is 2. The number of ether oxygens (including phenoxy) is 3. The molecule has 0 spiro atoms. The molecule has 3 aliphatic heterocycles. The number of hydrogen-bond donors (Lipinski definition) is 4. The molecule has 0 radical (unpaired) electrons. The minimum Gasteiger partial charge on any atom is -0.489 e. The van der Waals surface area contributed by atoms with Gasteiger partial charge in [-0.25, -0.2) is 28.9 Å². The van der Waals surface area contributed by atoms with E-state index < -0.39 is 42.1 Å². The van der Waals surface area contributed by atoms with E-state index >= 15 is 0 Å². The van der Waals surface area contributed by atoms with Crippen LogP contribution in [0.1, 0.15) is 38.3 Å². The van der Waals surface area contributed by atoms with Gasteiger partial charge in [-0.3, -0.25) is 4.90 Å². The number of carbonyl (C=O) groups excluding carboxylic acids is 1. The number of piperazine rings is 1. The Balaban J connectivity index is 0.000000488. The number of alkyl carbamates (subject to hydrolysis) is 1. The van der Waals surface area contributed by atoms with Crippen LogP contribution in [-0.2, 0) is 20.9 Å². The van der Waals surface area contributed by atoms with Crippen molar-refractivity contribution in [3.8, 4) is 28.8 Å². The van der Waals surface area contributed by atoms with Gasteiger partial charge in [0, 0.05) is 61.3 Å². The molecular formula is C37H40F6N8O9. The van der Waals surface area contributed by atoms with Gasteiger partial charge in [0.05, 0.1) is 37.1 Å². The number of fused-ring (bicyclic) bond motifs is 3. The Bertz CT molecular complexity index is 2120. The third-order valence-corrected chi connectivity index (χ3v) is 8.61. The predicted molar refractivity (Wildman–Crippen MR) is 197 cm³/mol. The number of aromatic nitrogens is 4. The molecule has 0 aliphatic carbocycles. The number of hydrogen-bond acceptors (Lipinski definition) is 13. The van der Waals surface area contributed by atoms with Crippen molar-refractivity contribution in [1.29, 1.82) is 5.26 Å². The number of nitriles is 1. The van der Waals surface area contributed by atoms with Gasteiger partial charge in [0.15, 0.2) is 0 Å². The Labute approximate surface area is 337 Å². The van der Waals surface area contributed by atoms with Crippen LogP contribution < -0.4 is 19.7 Å². The lowest BCUT2D eigenvalue weighted by atomic mass is 9.87. The standard InChI is InChI=1S/C33H38N8O5.2C2HF3O2/c1-33(2,3)46-32(43)37-15-26(42)20-45-27-10-28(31-23(11-34)14-38-41(31)19-27)22-6-7-29(35-13-22)39-17-24-9-25(18-39)40(24)16-21-5-8-30(44-4)36-12-21;2*3-2(4,5)1(6)7/h5-8,10,12-14,19,24-26,42H,9,15-18,20H2,1-4H3,(H,37,43);2*(H,6,7)/t24?,25?,26-;;/m1../s1. The smallest absolute Gasteiger partial charge is 0.489 e. The summed E-state index contributed by atoms with van der Waals surface area (Å²) in [6, 6.07) is 12.9. The summed E-state index contributed by atoms with van der Waals surface area (Å²) in [7, 11) is 1.62.